The molecule has 0 amide bonds. The van der Waals surface area contributed by atoms with Gasteiger partial charge in [-0.05, 0) is 68.4 Å². The number of benzene rings is 7. The molecule has 3 nitrogen and oxygen atoms in total. The molecule has 51 heavy (non-hydrogen) atoms. The zero-order valence-corrected chi connectivity index (χ0v) is 28.4. The molecule has 8 aromatic rings. The number of hydrogen-bond donors (Lipinski definition) is 0. The standard InChI is InChI=1S/C48H33NO2/c1-48(2)39-20-9-8-17-38(39)45-40(48)26-27-44-47(45)51-46-36(18-11-21-43(46)50-44)32-22-24-33(25-23-32)41-28-34(30-12-4-3-5-13-30)29-42(49-41)37-19-10-15-31-14-6-7-16-35(31)37/h3-29H,1-2H3. The lowest BCUT2D eigenvalue weighted by molar-refractivity contribution is 0.361. The molecule has 0 saturated heterocycles. The van der Waals surface area contributed by atoms with E-state index < -0.39 is 0 Å². The number of hydrogen-bond acceptors (Lipinski definition) is 3. The molecule has 10 rings (SSSR count). The van der Waals surface area contributed by atoms with Crippen LogP contribution in [-0.2, 0) is 5.41 Å². The molecular formula is C48H33NO2. The van der Waals surface area contributed by atoms with Gasteiger partial charge in [-0.2, -0.15) is 0 Å². The summed E-state index contributed by atoms with van der Waals surface area (Å²) in [5.41, 5.74) is 13.1. The Kier molecular flexibility index (Phi) is 6.53. The second-order valence-corrected chi connectivity index (χ2v) is 13.9. The highest BCUT2D eigenvalue weighted by atomic mass is 16.6. The van der Waals surface area contributed by atoms with Crippen LogP contribution in [0.5, 0.6) is 23.0 Å². The topological polar surface area (TPSA) is 31.4 Å². The third-order valence-corrected chi connectivity index (χ3v) is 10.6. The normalized spacial score (nSPS) is 13.4. The van der Waals surface area contributed by atoms with E-state index in [9.17, 15) is 0 Å². The van der Waals surface area contributed by atoms with E-state index in [1.54, 1.807) is 0 Å². The molecule has 0 atom stereocenters. The number of rotatable bonds is 4. The number of aromatic nitrogens is 1. The fourth-order valence-corrected chi connectivity index (χ4v) is 7.96. The van der Waals surface area contributed by atoms with Gasteiger partial charge in [-0.3, -0.25) is 0 Å². The van der Waals surface area contributed by atoms with Crippen LogP contribution < -0.4 is 9.47 Å². The second-order valence-electron chi connectivity index (χ2n) is 13.9. The van der Waals surface area contributed by atoms with Crippen LogP contribution in [0.25, 0.3) is 66.7 Å². The molecule has 0 radical (unpaired) electrons. The van der Waals surface area contributed by atoms with Crippen molar-refractivity contribution in [1.29, 1.82) is 0 Å². The Morgan fingerprint density at radius 3 is 1.98 bits per heavy atom. The zero-order valence-electron chi connectivity index (χ0n) is 28.4. The van der Waals surface area contributed by atoms with Gasteiger partial charge in [0, 0.05) is 27.7 Å². The number of fused-ring (bicyclic) bond motifs is 7. The molecule has 0 unspecified atom stereocenters. The summed E-state index contributed by atoms with van der Waals surface area (Å²) in [5.74, 6) is 2.97. The van der Waals surface area contributed by atoms with E-state index in [-0.39, 0.29) is 5.41 Å². The van der Waals surface area contributed by atoms with Crippen molar-refractivity contribution >= 4 is 10.8 Å². The Hall–Kier alpha value is -6.45. The van der Waals surface area contributed by atoms with Crippen LogP contribution >= 0.6 is 0 Å². The molecule has 0 saturated carbocycles. The lowest BCUT2D eigenvalue weighted by atomic mass is 9.82. The van der Waals surface area contributed by atoms with Crippen molar-refractivity contribution in [3.8, 4) is 78.9 Å². The average Bonchev–Trinajstić information content (AvgIpc) is 3.43. The quantitative estimate of drug-likeness (QED) is 0.189. The summed E-state index contributed by atoms with van der Waals surface area (Å²) in [4.78, 5) is 5.27. The van der Waals surface area contributed by atoms with Gasteiger partial charge in [-0.1, -0.05) is 153 Å². The van der Waals surface area contributed by atoms with Crippen molar-refractivity contribution in [3.63, 3.8) is 0 Å². The summed E-state index contributed by atoms with van der Waals surface area (Å²) < 4.78 is 13.4. The first kappa shape index (κ1) is 29.5. The number of ether oxygens (including phenoxy) is 2. The van der Waals surface area contributed by atoms with Crippen molar-refractivity contribution in [1.82, 2.24) is 4.98 Å². The number of para-hydroxylation sites is 1. The van der Waals surface area contributed by atoms with Gasteiger partial charge < -0.3 is 9.47 Å². The minimum absolute atomic E-state index is 0.126. The molecule has 1 aliphatic heterocycles. The number of pyridine rings is 1. The fourth-order valence-electron chi connectivity index (χ4n) is 7.96. The third-order valence-electron chi connectivity index (χ3n) is 10.6. The second kappa shape index (κ2) is 11.3. The molecule has 7 aromatic carbocycles. The Bertz CT molecular complexity index is 2650. The van der Waals surface area contributed by atoms with Crippen molar-refractivity contribution in [2.75, 3.05) is 0 Å². The molecule has 3 heteroatoms. The molecule has 2 heterocycles. The first-order chi connectivity index (χ1) is 25.0. The van der Waals surface area contributed by atoms with Crippen LogP contribution in [0.4, 0.5) is 0 Å². The Morgan fingerprint density at radius 1 is 0.431 bits per heavy atom. The summed E-state index contributed by atoms with van der Waals surface area (Å²) in [6, 6.07) is 57.5. The molecule has 0 fully saturated rings. The average molecular weight is 656 g/mol. The SMILES string of the molecule is CC1(C)c2ccccc2-c2c1ccc1c2Oc2c(cccc2-c2ccc(-c3cc(-c4ccccc4)cc(-c4cccc5ccccc45)n3)cc2)O1. The predicted molar refractivity (Wildman–Crippen MR) is 208 cm³/mol. The Labute approximate surface area is 297 Å². The lowest BCUT2D eigenvalue weighted by Crippen LogP contribution is -2.15. The highest BCUT2D eigenvalue weighted by Crippen LogP contribution is 2.59. The van der Waals surface area contributed by atoms with E-state index in [0.29, 0.717) is 5.75 Å². The molecule has 0 N–H and O–H groups in total. The highest BCUT2D eigenvalue weighted by molar-refractivity contribution is 5.97. The summed E-state index contributed by atoms with van der Waals surface area (Å²) in [6.45, 7) is 4.56. The monoisotopic (exact) mass is 655 g/mol. The highest BCUT2D eigenvalue weighted by Gasteiger charge is 2.39. The first-order valence-electron chi connectivity index (χ1n) is 17.5. The maximum Gasteiger partial charge on any atom is 0.178 e. The van der Waals surface area contributed by atoms with Gasteiger partial charge in [0.05, 0.1) is 11.4 Å². The third kappa shape index (κ3) is 4.69. The summed E-state index contributed by atoms with van der Waals surface area (Å²) in [5, 5.41) is 2.39. The van der Waals surface area contributed by atoms with Crippen LogP contribution in [0.1, 0.15) is 25.0 Å². The molecule has 1 aliphatic carbocycles. The van der Waals surface area contributed by atoms with Crippen molar-refractivity contribution in [3.05, 3.63) is 175 Å². The van der Waals surface area contributed by atoms with Crippen LogP contribution in [0.2, 0.25) is 0 Å². The molecular weight excluding hydrogens is 623 g/mol. The van der Waals surface area contributed by atoms with Crippen LogP contribution in [0, 0.1) is 0 Å². The maximum absolute atomic E-state index is 6.90. The maximum atomic E-state index is 6.90. The van der Waals surface area contributed by atoms with Crippen LogP contribution in [-0.4, -0.2) is 4.98 Å². The van der Waals surface area contributed by atoms with Crippen molar-refractivity contribution < 1.29 is 9.47 Å². The smallest absolute Gasteiger partial charge is 0.178 e. The lowest BCUT2D eigenvalue weighted by Gasteiger charge is -2.26. The van der Waals surface area contributed by atoms with Gasteiger partial charge in [0.1, 0.15) is 0 Å². The van der Waals surface area contributed by atoms with E-state index in [0.717, 1.165) is 67.6 Å². The fraction of sp³-hybridized carbons (Fsp3) is 0.0625. The summed E-state index contributed by atoms with van der Waals surface area (Å²) in [7, 11) is 0. The summed E-state index contributed by atoms with van der Waals surface area (Å²) >= 11 is 0. The zero-order chi connectivity index (χ0) is 34.1. The van der Waals surface area contributed by atoms with Crippen molar-refractivity contribution in [2.45, 2.75) is 19.3 Å². The van der Waals surface area contributed by atoms with Gasteiger partial charge in [-0.25, -0.2) is 4.98 Å². The number of nitrogens with zero attached hydrogens (tertiary/aromatic N) is 1. The van der Waals surface area contributed by atoms with Crippen LogP contribution in [0.3, 0.4) is 0 Å². The van der Waals surface area contributed by atoms with Gasteiger partial charge in [-0.15, -0.1) is 0 Å². The van der Waals surface area contributed by atoms with Gasteiger partial charge >= 0.3 is 0 Å². The predicted octanol–water partition coefficient (Wildman–Crippen LogP) is 13.1. The largest absolute Gasteiger partial charge is 0.449 e. The van der Waals surface area contributed by atoms with E-state index >= 15 is 0 Å². The minimum Gasteiger partial charge on any atom is -0.449 e. The van der Waals surface area contributed by atoms with Crippen LogP contribution in [0.15, 0.2) is 164 Å². The molecule has 2 aliphatic rings. The minimum atomic E-state index is -0.126. The van der Waals surface area contributed by atoms with Gasteiger partial charge in [0.25, 0.3) is 0 Å². The molecule has 1 aromatic heterocycles. The molecule has 242 valence electrons. The first-order valence-corrected chi connectivity index (χ1v) is 17.5. The Morgan fingerprint density at radius 2 is 1.10 bits per heavy atom. The molecule has 0 bridgehead atoms. The van der Waals surface area contributed by atoms with E-state index in [4.69, 9.17) is 14.5 Å². The summed E-state index contributed by atoms with van der Waals surface area (Å²) in [6.07, 6.45) is 0. The van der Waals surface area contributed by atoms with Gasteiger partial charge in [0.15, 0.2) is 23.0 Å². The molecule has 0 spiro atoms. The van der Waals surface area contributed by atoms with E-state index in [1.807, 2.05) is 12.1 Å². The van der Waals surface area contributed by atoms with E-state index in [1.165, 1.54) is 27.5 Å². The Balaban J connectivity index is 1.06. The van der Waals surface area contributed by atoms with Gasteiger partial charge in [0.2, 0.25) is 0 Å². The van der Waals surface area contributed by atoms with Crippen molar-refractivity contribution in [2.24, 2.45) is 0 Å². The van der Waals surface area contributed by atoms with E-state index in [2.05, 4.69) is 166 Å².